The molecule has 0 aliphatic rings. The van der Waals surface area contributed by atoms with Crippen LogP contribution < -0.4 is 16.6 Å². The van der Waals surface area contributed by atoms with Gasteiger partial charge in [0, 0.05) is 0 Å². The van der Waals surface area contributed by atoms with Crippen molar-refractivity contribution in [2.75, 3.05) is 13.2 Å². The average molecular weight is 400 g/mol. The molecule has 2 aromatic carbocycles. The van der Waals surface area contributed by atoms with E-state index in [1.54, 1.807) is 74.5 Å². The number of para-hydroxylation sites is 1. The van der Waals surface area contributed by atoms with Crippen LogP contribution in [0.5, 0.6) is 0 Å². The van der Waals surface area contributed by atoms with Gasteiger partial charge in [0.05, 0.1) is 24.6 Å². The molecule has 7 nitrogen and oxygen atoms in total. The van der Waals surface area contributed by atoms with Crippen LogP contribution in [0.4, 0.5) is 0 Å². The molecule has 0 aliphatic heterocycles. The Bertz CT molecular complexity index is 1100. The quantitative estimate of drug-likeness (QED) is 0.616. The number of rotatable bonds is 7. The number of nitrogens with one attached hydrogen (secondary N) is 1. The molecule has 3 aromatic rings. The molecule has 28 heavy (non-hydrogen) atoms. The largest absolute Gasteiger partial charge is 0.369 e. The van der Waals surface area contributed by atoms with Gasteiger partial charge in [0.2, 0.25) is 0 Å². The molecular formula is C20H21N2O5P. The van der Waals surface area contributed by atoms with Crippen molar-refractivity contribution in [2.45, 2.75) is 13.8 Å². The zero-order chi connectivity index (χ0) is 20.1. The summed E-state index contributed by atoms with van der Waals surface area (Å²) < 4.78 is 25.3. The molecule has 0 fully saturated rings. The predicted molar refractivity (Wildman–Crippen MR) is 109 cm³/mol. The number of hydrogen-bond acceptors (Lipinski definition) is 5. The van der Waals surface area contributed by atoms with Gasteiger partial charge in [-0.15, -0.1) is 0 Å². The number of H-pyrrole nitrogens is 1. The summed E-state index contributed by atoms with van der Waals surface area (Å²) in [5.74, 6) is 0. The van der Waals surface area contributed by atoms with Crippen LogP contribution in [-0.2, 0) is 13.6 Å². The van der Waals surface area contributed by atoms with Gasteiger partial charge in [0.25, 0.3) is 5.56 Å². The molecule has 0 radical (unpaired) electrons. The highest BCUT2D eigenvalue weighted by atomic mass is 31.2. The maximum atomic E-state index is 13.5. The van der Waals surface area contributed by atoms with Crippen molar-refractivity contribution >= 4 is 12.9 Å². The zero-order valence-electron chi connectivity index (χ0n) is 15.6. The van der Waals surface area contributed by atoms with E-state index in [9.17, 15) is 14.2 Å². The first-order valence-electron chi connectivity index (χ1n) is 8.91. The van der Waals surface area contributed by atoms with Crippen molar-refractivity contribution < 1.29 is 13.6 Å². The van der Waals surface area contributed by atoms with E-state index in [0.717, 1.165) is 4.57 Å². The Morgan fingerprint density at radius 3 is 1.96 bits per heavy atom. The second-order valence-electron chi connectivity index (χ2n) is 5.83. The van der Waals surface area contributed by atoms with Crippen LogP contribution in [0.2, 0.25) is 0 Å². The number of nitrogens with zero attached hydrogens (tertiary/aromatic N) is 1. The van der Waals surface area contributed by atoms with Crippen LogP contribution >= 0.6 is 7.60 Å². The van der Waals surface area contributed by atoms with Gasteiger partial charge in [-0.1, -0.05) is 48.5 Å². The fraction of sp³-hybridized carbons (Fsp3) is 0.200. The van der Waals surface area contributed by atoms with Gasteiger partial charge in [0.1, 0.15) is 0 Å². The second kappa shape index (κ2) is 8.52. The number of aromatic nitrogens is 2. The van der Waals surface area contributed by atoms with Crippen LogP contribution in [0.25, 0.3) is 16.9 Å². The average Bonchev–Trinajstić information content (AvgIpc) is 2.69. The fourth-order valence-corrected chi connectivity index (χ4v) is 4.72. The van der Waals surface area contributed by atoms with E-state index in [1.165, 1.54) is 0 Å². The summed E-state index contributed by atoms with van der Waals surface area (Å²) >= 11 is 0. The van der Waals surface area contributed by atoms with Gasteiger partial charge >= 0.3 is 13.3 Å². The Labute approximate surface area is 162 Å². The molecule has 0 atom stereocenters. The molecule has 1 aromatic heterocycles. The van der Waals surface area contributed by atoms with Crippen LogP contribution in [0.1, 0.15) is 13.8 Å². The normalized spacial score (nSPS) is 11.5. The third kappa shape index (κ3) is 3.78. The van der Waals surface area contributed by atoms with E-state index in [0.29, 0.717) is 11.3 Å². The third-order valence-electron chi connectivity index (χ3n) is 4.03. The summed E-state index contributed by atoms with van der Waals surface area (Å²) in [5.41, 5.74) is -0.355. The lowest BCUT2D eigenvalue weighted by atomic mass is 10.1. The lowest BCUT2D eigenvalue weighted by Gasteiger charge is -2.20. The molecule has 0 aliphatic carbocycles. The van der Waals surface area contributed by atoms with Crippen LogP contribution in [0, 0.1) is 0 Å². The molecule has 0 unspecified atom stereocenters. The van der Waals surface area contributed by atoms with E-state index >= 15 is 0 Å². The standard InChI is InChI=1S/C20H21N2O5P/c1-3-26-28(25,27-4-2)18-17(15-11-7-5-8-12-15)21-20(24)22(19(18)23)16-13-9-6-10-14-16/h5-14H,3-4H2,1-2H3,(H,21,24). The Balaban J connectivity index is 2.41. The molecule has 1 N–H and O–H groups in total. The van der Waals surface area contributed by atoms with Crippen LogP contribution in [-0.4, -0.2) is 22.8 Å². The minimum atomic E-state index is -3.98. The monoisotopic (exact) mass is 400 g/mol. The number of benzene rings is 2. The summed E-state index contributed by atoms with van der Waals surface area (Å²) in [6.45, 7) is 3.48. The summed E-state index contributed by atoms with van der Waals surface area (Å²) in [5, 5.41) is -0.189. The molecule has 0 bridgehead atoms. The Morgan fingerprint density at radius 1 is 0.893 bits per heavy atom. The van der Waals surface area contributed by atoms with Crippen molar-refractivity contribution in [3.8, 4) is 16.9 Å². The first-order valence-corrected chi connectivity index (χ1v) is 10.5. The second-order valence-corrected chi connectivity index (χ2v) is 7.79. The lowest BCUT2D eigenvalue weighted by molar-refractivity contribution is 0.229. The van der Waals surface area contributed by atoms with Gasteiger partial charge in [-0.3, -0.25) is 9.36 Å². The highest BCUT2D eigenvalue weighted by Gasteiger charge is 2.36. The third-order valence-corrected chi connectivity index (χ3v) is 6.19. The maximum Gasteiger partial charge on any atom is 0.369 e. The molecule has 8 heteroatoms. The zero-order valence-corrected chi connectivity index (χ0v) is 16.5. The van der Waals surface area contributed by atoms with E-state index in [1.807, 2.05) is 0 Å². The number of hydrogen-bond donors (Lipinski definition) is 1. The molecule has 146 valence electrons. The van der Waals surface area contributed by atoms with Gasteiger partial charge < -0.3 is 14.0 Å². The van der Waals surface area contributed by atoms with Gasteiger partial charge in [-0.05, 0) is 31.5 Å². The summed E-state index contributed by atoms with van der Waals surface area (Å²) in [7, 11) is -3.98. The molecule has 0 spiro atoms. The first-order chi connectivity index (χ1) is 13.5. The number of aromatic amines is 1. The smallest absolute Gasteiger partial charge is 0.305 e. The van der Waals surface area contributed by atoms with Gasteiger partial charge in [-0.25, -0.2) is 9.36 Å². The molecular weight excluding hydrogens is 379 g/mol. The Hall–Kier alpha value is -2.73. The highest BCUT2D eigenvalue weighted by Crippen LogP contribution is 2.47. The fourth-order valence-electron chi connectivity index (χ4n) is 2.91. The summed E-state index contributed by atoms with van der Waals surface area (Å²) in [6, 6.07) is 17.2. The van der Waals surface area contributed by atoms with E-state index in [2.05, 4.69) is 4.98 Å². The SMILES string of the molecule is CCOP(=O)(OCC)c1c(-c2ccccc2)[nH]c(=O)n(-c2ccccc2)c1=O. The van der Waals surface area contributed by atoms with Crippen LogP contribution in [0.15, 0.2) is 70.3 Å². The first kappa shape index (κ1) is 20.0. The Kier molecular flexibility index (Phi) is 6.09. The van der Waals surface area contributed by atoms with Crippen molar-refractivity contribution in [2.24, 2.45) is 0 Å². The minimum Gasteiger partial charge on any atom is -0.305 e. The predicted octanol–water partition coefficient (Wildman–Crippen LogP) is 3.08. The minimum absolute atomic E-state index is 0.0788. The van der Waals surface area contributed by atoms with E-state index < -0.39 is 18.8 Å². The molecule has 0 amide bonds. The van der Waals surface area contributed by atoms with Gasteiger partial charge in [0.15, 0.2) is 5.30 Å². The Morgan fingerprint density at radius 2 is 1.43 bits per heavy atom. The van der Waals surface area contributed by atoms with Crippen molar-refractivity contribution in [3.63, 3.8) is 0 Å². The molecule has 0 saturated carbocycles. The molecule has 1 heterocycles. The maximum absolute atomic E-state index is 13.5. The lowest BCUT2D eigenvalue weighted by Crippen LogP contribution is -2.44. The summed E-state index contributed by atoms with van der Waals surface area (Å²) in [6.07, 6.45) is 0. The van der Waals surface area contributed by atoms with E-state index in [-0.39, 0.29) is 24.2 Å². The van der Waals surface area contributed by atoms with Crippen molar-refractivity contribution in [1.82, 2.24) is 9.55 Å². The summed E-state index contributed by atoms with van der Waals surface area (Å²) in [4.78, 5) is 28.9. The molecule has 3 rings (SSSR count). The van der Waals surface area contributed by atoms with Crippen molar-refractivity contribution in [1.29, 1.82) is 0 Å². The van der Waals surface area contributed by atoms with Gasteiger partial charge in [-0.2, -0.15) is 0 Å². The van der Waals surface area contributed by atoms with E-state index in [4.69, 9.17) is 9.05 Å². The highest BCUT2D eigenvalue weighted by molar-refractivity contribution is 7.62. The van der Waals surface area contributed by atoms with Crippen LogP contribution in [0.3, 0.4) is 0 Å². The van der Waals surface area contributed by atoms with Crippen molar-refractivity contribution in [3.05, 3.63) is 81.5 Å². The topological polar surface area (TPSA) is 90.4 Å². The molecule has 0 saturated heterocycles.